The van der Waals surface area contributed by atoms with Crippen LogP contribution in [0.4, 0.5) is 0 Å². The normalized spacial score (nSPS) is 13.0. The molecule has 0 fully saturated rings. The predicted molar refractivity (Wildman–Crippen MR) is 82.2 cm³/mol. The van der Waals surface area contributed by atoms with Gasteiger partial charge in [0.1, 0.15) is 0 Å². The van der Waals surface area contributed by atoms with Gasteiger partial charge in [0.25, 0.3) is 0 Å². The van der Waals surface area contributed by atoms with Gasteiger partial charge in [0, 0.05) is 11.9 Å². The van der Waals surface area contributed by atoms with E-state index in [-0.39, 0.29) is 52.0 Å². The van der Waals surface area contributed by atoms with Crippen LogP contribution in [-0.2, 0) is 9.59 Å². The van der Waals surface area contributed by atoms with Gasteiger partial charge >= 0.3 is 27.3 Å². The van der Waals surface area contributed by atoms with Crippen LogP contribution in [0.15, 0.2) is 0 Å². The SMILES string of the molecule is CC(C)CC(C)CC(=O)[O-].CC(C)CC(C)CC(=O)[O-].[Pb+2]. The van der Waals surface area contributed by atoms with Gasteiger partial charge in [0.05, 0.1) is 0 Å². The van der Waals surface area contributed by atoms with Crippen molar-refractivity contribution in [2.75, 3.05) is 0 Å². The Morgan fingerprint density at radius 3 is 1.10 bits per heavy atom. The second-order valence-corrected chi connectivity index (χ2v) is 6.62. The van der Waals surface area contributed by atoms with Crippen molar-refractivity contribution in [2.45, 2.75) is 67.2 Å². The Labute approximate surface area is 149 Å². The van der Waals surface area contributed by atoms with Crippen LogP contribution >= 0.6 is 0 Å². The van der Waals surface area contributed by atoms with Crippen LogP contribution in [-0.4, -0.2) is 39.2 Å². The van der Waals surface area contributed by atoms with E-state index in [4.69, 9.17) is 0 Å². The standard InChI is InChI=1S/2C8H16O2.Pb/c2*1-6(2)4-7(3)5-8(9)10;/h2*6-7H,4-5H2,1-3H3,(H,9,10);/q;;+2/p-2. The number of aliphatic carboxylic acids is 2. The zero-order chi connectivity index (χ0) is 16.3. The molecule has 0 bridgehead atoms. The van der Waals surface area contributed by atoms with E-state index in [1.165, 1.54) is 0 Å². The quantitative estimate of drug-likeness (QED) is 0.477. The fourth-order valence-corrected chi connectivity index (χ4v) is 2.35. The summed E-state index contributed by atoms with van der Waals surface area (Å²) in [6.07, 6.45) is 2.32. The van der Waals surface area contributed by atoms with Crippen molar-refractivity contribution in [3.63, 3.8) is 0 Å². The first kappa shape index (κ1) is 25.8. The fourth-order valence-electron chi connectivity index (χ4n) is 2.35. The van der Waals surface area contributed by atoms with E-state index in [1.807, 2.05) is 13.8 Å². The molecule has 0 aromatic heterocycles. The number of rotatable bonds is 8. The molecule has 4 nitrogen and oxygen atoms in total. The molecule has 21 heavy (non-hydrogen) atoms. The molecule has 0 heterocycles. The monoisotopic (exact) mass is 494 g/mol. The van der Waals surface area contributed by atoms with Gasteiger partial charge in [0.2, 0.25) is 0 Å². The van der Waals surface area contributed by atoms with Crippen molar-refractivity contribution in [1.29, 1.82) is 0 Å². The Hall–Kier alpha value is -0.138. The number of carbonyl (C=O) groups is 2. The molecule has 0 aliphatic carbocycles. The molecule has 0 rings (SSSR count). The van der Waals surface area contributed by atoms with Crippen LogP contribution in [0, 0.1) is 23.7 Å². The van der Waals surface area contributed by atoms with Gasteiger partial charge in [-0.15, -0.1) is 0 Å². The van der Waals surface area contributed by atoms with Gasteiger partial charge in [-0.1, -0.05) is 41.5 Å². The van der Waals surface area contributed by atoms with E-state index in [9.17, 15) is 19.8 Å². The average molecular weight is 494 g/mol. The molecular formula is C16H30O4Pb. The van der Waals surface area contributed by atoms with Crippen LogP contribution in [0.2, 0.25) is 0 Å². The smallest absolute Gasteiger partial charge is 0.550 e. The van der Waals surface area contributed by atoms with Crippen LogP contribution < -0.4 is 10.2 Å². The third kappa shape index (κ3) is 25.2. The second-order valence-electron chi connectivity index (χ2n) is 6.62. The molecule has 0 spiro atoms. The molecule has 0 N–H and O–H groups in total. The summed E-state index contributed by atoms with van der Waals surface area (Å²) in [6, 6.07) is 0. The number of hydrogen-bond donors (Lipinski definition) is 0. The summed E-state index contributed by atoms with van der Waals surface area (Å²) < 4.78 is 0. The van der Waals surface area contributed by atoms with Gasteiger partial charge in [-0.25, -0.2) is 0 Å². The van der Waals surface area contributed by atoms with Crippen molar-refractivity contribution in [3.8, 4) is 0 Å². The number of carboxylic acid groups (broad SMARTS) is 2. The van der Waals surface area contributed by atoms with E-state index in [1.54, 1.807) is 0 Å². The Bertz CT molecular complexity index is 249. The Morgan fingerprint density at radius 2 is 0.952 bits per heavy atom. The number of hydrogen-bond acceptors (Lipinski definition) is 4. The molecule has 2 unspecified atom stereocenters. The molecule has 0 aromatic rings. The summed E-state index contributed by atoms with van der Waals surface area (Å²) in [5.41, 5.74) is 0. The number of carboxylic acids is 2. The summed E-state index contributed by atoms with van der Waals surface area (Å²) in [5, 5.41) is 20.2. The third-order valence-electron chi connectivity index (χ3n) is 2.78. The molecular weight excluding hydrogens is 463 g/mol. The van der Waals surface area contributed by atoms with Crippen LogP contribution in [0.1, 0.15) is 67.2 Å². The first-order chi connectivity index (χ1) is 9.04. The minimum absolute atomic E-state index is 0. The van der Waals surface area contributed by atoms with Gasteiger partial charge in [-0.05, 0) is 49.4 Å². The molecule has 122 valence electrons. The summed E-state index contributed by atoms with van der Waals surface area (Å²) in [4.78, 5) is 20.2. The maximum atomic E-state index is 10.1. The van der Waals surface area contributed by atoms with Gasteiger partial charge in [-0.3, -0.25) is 0 Å². The minimum Gasteiger partial charge on any atom is -0.550 e. The van der Waals surface area contributed by atoms with Gasteiger partial charge in [0.15, 0.2) is 0 Å². The topological polar surface area (TPSA) is 80.3 Å². The molecule has 0 saturated carbocycles. The van der Waals surface area contributed by atoms with E-state index in [2.05, 4.69) is 27.7 Å². The third-order valence-corrected chi connectivity index (χ3v) is 2.78. The van der Waals surface area contributed by atoms with E-state index >= 15 is 0 Å². The first-order valence-electron chi connectivity index (χ1n) is 7.44. The van der Waals surface area contributed by atoms with E-state index < -0.39 is 11.9 Å². The molecule has 2 radical (unpaired) electrons. The van der Waals surface area contributed by atoms with Crippen LogP contribution in [0.5, 0.6) is 0 Å². The maximum absolute atomic E-state index is 10.1. The predicted octanol–water partition coefficient (Wildman–Crippen LogP) is 1.24. The van der Waals surface area contributed by atoms with Crippen LogP contribution in [0.25, 0.3) is 0 Å². The Balaban J connectivity index is -0.000000295. The zero-order valence-electron chi connectivity index (χ0n) is 14.3. The van der Waals surface area contributed by atoms with Crippen molar-refractivity contribution in [1.82, 2.24) is 0 Å². The van der Waals surface area contributed by atoms with Crippen molar-refractivity contribution >= 4 is 39.2 Å². The minimum atomic E-state index is -0.937. The van der Waals surface area contributed by atoms with Crippen molar-refractivity contribution in [2.24, 2.45) is 23.7 Å². The Kier molecular flexibility index (Phi) is 18.2. The molecule has 0 aliphatic rings. The molecule has 2 atom stereocenters. The van der Waals surface area contributed by atoms with Gasteiger partial charge < -0.3 is 19.8 Å². The summed E-state index contributed by atoms with van der Waals surface area (Å²) in [5.74, 6) is -0.208. The van der Waals surface area contributed by atoms with Gasteiger partial charge in [-0.2, -0.15) is 0 Å². The van der Waals surface area contributed by atoms with Crippen LogP contribution in [0.3, 0.4) is 0 Å². The molecule has 0 amide bonds. The Morgan fingerprint density at radius 1 is 0.714 bits per heavy atom. The average Bonchev–Trinajstić information content (AvgIpc) is 2.11. The molecule has 0 aromatic carbocycles. The maximum Gasteiger partial charge on any atom is 2.00 e. The van der Waals surface area contributed by atoms with E-state index in [0.29, 0.717) is 11.8 Å². The van der Waals surface area contributed by atoms with Crippen molar-refractivity contribution < 1.29 is 19.8 Å². The summed E-state index contributed by atoms with van der Waals surface area (Å²) in [6.45, 7) is 12.2. The molecule has 0 saturated heterocycles. The number of carbonyl (C=O) groups excluding carboxylic acids is 2. The second kappa shape index (κ2) is 14.8. The summed E-state index contributed by atoms with van der Waals surface area (Å²) in [7, 11) is 0. The first-order valence-corrected chi connectivity index (χ1v) is 7.44. The van der Waals surface area contributed by atoms with Crippen molar-refractivity contribution in [3.05, 3.63) is 0 Å². The zero-order valence-corrected chi connectivity index (χ0v) is 18.2. The molecule has 0 aliphatic heterocycles. The largest absolute Gasteiger partial charge is 2.00 e. The fraction of sp³-hybridized carbons (Fsp3) is 0.875. The summed E-state index contributed by atoms with van der Waals surface area (Å²) >= 11 is 0. The molecule has 5 heteroatoms. The van der Waals surface area contributed by atoms with E-state index in [0.717, 1.165) is 12.8 Å².